The minimum Gasteiger partial charge on any atom is -0.368 e. The predicted molar refractivity (Wildman–Crippen MR) is 71.9 cm³/mol. The SMILES string of the molecule is C[C@@H](N)Cn1ncc(N2CCN(C)CC2)cc1=O. The summed E-state index contributed by atoms with van der Waals surface area (Å²) in [6.07, 6.45) is 1.76. The molecular weight excluding hydrogens is 230 g/mol. The highest BCUT2D eigenvalue weighted by Gasteiger charge is 2.15. The van der Waals surface area contributed by atoms with E-state index in [2.05, 4.69) is 21.9 Å². The number of rotatable bonds is 3. The van der Waals surface area contributed by atoms with Gasteiger partial charge < -0.3 is 15.5 Å². The summed E-state index contributed by atoms with van der Waals surface area (Å²) in [5.74, 6) is 0. The number of piperazine rings is 1. The Hall–Kier alpha value is -1.40. The molecule has 1 fully saturated rings. The van der Waals surface area contributed by atoms with E-state index in [-0.39, 0.29) is 11.6 Å². The Morgan fingerprint density at radius 3 is 2.61 bits per heavy atom. The van der Waals surface area contributed by atoms with Crippen LogP contribution in [-0.4, -0.2) is 53.9 Å². The number of nitrogens with two attached hydrogens (primary N) is 1. The summed E-state index contributed by atoms with van der Waals surface area (Å²) < 4.78 is 1.42. The monoisotopic (exact) mass is 251 g/mol. The van der Waals surface area contributed by atoms with Gasteiger partial charge in [-0.1, -0.05) is 0 Å². The maximum atomic E-state index is 11.9. The lowest BCUT2D eigenvalue weighted by molar-refractivity contribution is 0.312. The summed E-state index contributed by atoms with van der Waals surface area (Å²) in [5.41, 5.74) is 6.51. The molecule has 0 spiro atoms. The van der Waals surface area contributed by atoms with Crippen LogP contribution in [-0.2, 0) is 6.54 Å². The van der Waals surface area contributed by atoms with Crippen LogP contribution >= 0.6 is 0 Å². The summed E-state index contributed by atoms with van der Waals surface area (Å²) in [6, 6.07) is 1.59. The average Bonchev–Trinajstić information content (AvgIpc) is 2.32. The maximum Gasteiger partial charge on any atom is 0.268 e. The van der Waals surface area contributed by atoms with Crippen molar-refractivity contribution in [1.82, 2.24) is 14.7 Å². The van der Waals surface area contributed by atoms with Crippen LogP contribution in [0.15, 0.2) is 17.1 Å². The quantitative estimate of drug-likeness (QED) is 0.772. The summed E-state index contributed by atoms with van der Waals surface area (Å²) in [6.45, 7) is 6.24. The van der Waals surface area contributed by atoms with Gasteiger partial charge >= 0.3 is 0 Å². The fraction of sp³-hybridized carbons (Fsp3) is 0.667. The van der Waals surface area contributed by atoms with Crippen molar-refractivity contribution in [3.63, 3.8) is 0 Å². The summed E-state index contributed by atoms with van der Waals surface area (Å²) in [5, 5.41) is 4.18. The molecule has 6 nitrogen and oxygen atoms in total. The summed E-state index contributed by atoms with van der Waals surface area (Å²) in [7, 11) is 2.11. The van der Waals surface area contributed by atoms with Gasteiger partial charge in [-0.15, -0.1) is 0 Å². The van der Waals surface area contributed by atoms with E-state index < -0.39 is 0 Å². The average molecular weight is 251 g/mol. The maximum absolute atomic E-state index is 11.9. The molecule has 6 heteroatoms. The van der Waals surface area contributed by atoms with E-state index in [1.807, 2.05) is 6.92 Å². The topological polar surface area (TPSA) is 67.4 Å². The summed E-state index contributed by atoms with van der Waals surface area (Å²) >= 11 is 0. The van der Waals surface area contributed by atoms with Crippen LogP contribution in [0.2, 0.25) is 0 Å². The van der Waals surface area contributed by atoms with Crippen molar-refractivity contribution in [2.75, 3.05) is 38.1 Å². The van der Waals surface area contributed by atoms with E-state index in [0.29, 0.717) is 6.54 Å². The van der Waals surface area contributed by atoms with Crippen molar-refractivity contribution in [3.05, 3.63) is 22.6 Å². The zero-order valence-corrected chi connectivity index (χ0v) is 11.0. The van der Waals surface area contributed by atoms with Crippen LogP contribution in [0.4, 0.5) is 5.69 Å². The fourth-order valence-electron chi connectivity index (χ4n) is 2.07. The number of hydrogen-bond donors (Lipinski definition) is 1. The van der Waals surface area contributed by atoms with Crippen LogP contribution in [0.25, 0.3) is 0 Å². The molecule has 2 heterocycles. The van der Waals surface area contributed by atoms with Crippen molar-refractivity contribution in [1.29, 1.82) is 0 Å². The Morgan fingerprint density at radius 2 is 2.06 bits per heavy atom. The van der Waals surface area contributed by atoms with Gasteiger partial charge in [0, 0.05) is 38.3 Å². The molecule has 0 unspecified atom stereocenters. The molecule has 1 aliphatic rings. The first-order chi connectivity index (χ1) is 8.56. The zero-order valence-electron chi connectivity index (χ0n) is 11.0. The van der Waals surface area contributed by atoms with Crippen molar-refractivity contribution in [2.24, 2.45) is 5.73 Å². The van der Waals surface area contributed by atoms with E-state index in [9.17, 15) is 4.79 Å². The van der Waals surface area contributed by atoms with Crippen molar-refractivity contribution in [3.8, 4) is 0 Å². The van der Waals surface area contributed by atoms with E-state index in [4.69, 9.17) is 5.73 Å². The predicted octanol–water partition coefficient (Wildman–Crippen LogP) is -0.658. The van der Waals surface area contributed by atoms with Gasteiger partial charge in [0.15, 0.2) is 0 Å². The number of nitrogens with zero attached hydrogens (tertiary/aromatic N) is 4. The molecule has 0 bridgehead atoms. The second-order valence-electron chi connectivity index (χ2n) is 5.00. The van der Waals surface area contributed by atoms with Gasteiger partial charge in [-0.2, -0.15) is 5.10 Å². The molecule has 1 aliphatic heterocycles. The molecule has 1 saturated heterocycles. The molecule has 1 atom stereocenters. The largest absolute Gasteiger partial charge is 0.368 e. The van der Waals surface area contributed by atoms with Crippen molar-refractivity contribution in [2.45, 2.75) is 19.5 Å². The lowest BCUT2D eigenvalue weighted by Crippen LogP contribution is -2.45. The molecule has 0 radical (unpaired) electrons. The minimum absolute atomic E-state index is 0.0651. The molecule has 0 saturated carbocycles. The third-order valence-corrected chi connectivity index (χ3v) is 3.18. The highest BCUT2D eigenvalue weighted by Crippen LogP contribution is 2.11. The van der Waals surface area contributed by atoms with Crippen LogP contribution in [0.3, 0.4) is 0 Å². The standard InChI is InChI=1S/C12H21N5O/c1-10(13)9-17-12(18)7-11(8-14-17)16-5-3-15(2)4-6-16/h7-8,10H,3-6,9,13H2,1-2H3/t10-/m1/s1. The Morgan fingerprint density at radius 1 is 1.39 bits per heavy atom. The van der Waals surface area contributed by atoms with Gasteiger partial charge in [0.2, 0.25) is 0 Å². The molecule has 0 aliphatic carbocycles. The molecular formula is C12H21N5O. The Bertz CT molecular complexity index is 448. The molecule has 1 aromatic rings. The van der Waals surface area contributed by atoms with E-state index in [0.717, 1.165) is 31.9 Å². The molecule has 100 valence electrons. The first-order valence-corrected chi connectivity index (χ1v) is 6.32. The minimum atomic E-state index is -0.0799. The molecule has 2 N–H and O–H groups in total. The molecule has 2 rings (SSSR count). The zero-order chi connectivity index (χ0) is 13.1. The molecule has 1 aromatic heterocycles. The van der Waals surface area contributed by atoms with Gasteiger partial charge in [-0.3, -0.25) is 4.79 Å². The Balaban J connectivity index is 2.11. The summed E-state index contributed by atoms with van der Waals surface area (Å²) in [4.78, 5) is 16.4. The van der Waals surface area contributed by atoms with E-state index >= 15 is 0 Å². The normalized spacial score (nSPS) is 18.9. The van der Waals surface area contributed by atoms with Crippen LogP contribution < -0.4 is 16.2 Å². The number of anilines is 1. The molecule has 0 amide bonds. The third-order valence-electron chi connectivity index (χ3n) is 3.18. The first kappa shape index (κ1) is 13.0. The fourth-order valence-corrected chi connectivity index (χ4v) is 2.07. The van der Waals surface area contributed by atoms with Crippen LogP contribution in [0.5, 0.6) is 0 Å². The van der Waals surface area contributed by atoms with E-state index in [1.54, 1.807) is 12.3 Å². The van der Waals surface area contributed by atoms with Crippen LogP contribution in [0.1, 0.15) is 6.92 Å². The second-order valence-corrected chi connectivity index (χ2v) is 5.00. The van der Waals surface area contributed by atoms with Crippen molar-refractivity contribution < 1.29 is 0 Å². The van der Waals surface area contributed by atoms with Crippen LogP contribution in [0, 0.1) is 0 Å². The molecule has 0 aromatic carbocycles. The highest BCUT2D eigenvalue weighted by molar-refractivity contribution is 5.43. The molecule has 18 heavy (non-hydrogen) atoms. The number of likely N-dealkylation sites (N-methyl/N-ethyl adjacent to an activating group) is 1. The highest BCUT2D eigenvalue weighted by atomic mass is 16.1. The van der Waals surface area contributed by atoms with E-state index in [1.165, 1.54) is 4.68 Å². The van der Waals surface area contributed by atoms with Gasteiger partial charge in [-0.25, -0.2) is 4.68 Å². The third kappa shape index (κ3) is 3.08. The lowest BCUT2D eigenvalue weighted by Gasteiger charge is -2.33. The Labute approximate surface area is 107 Å². The first-order valence-electron chi connectivity index (χ1n) is 6.32. The number of hydrogen-bond acceptors (Lipinski definition) is 5. The smallest absolute Gasteiger partial charge is 0.268 e. The van der Waals surface area contributed by atoms with Gasteiger partial charge in [0.05, 0.1) is 18.4 Å². The second kappa shape index (κ2) is 5.49. The number of aromatic nitrogens is 2. The van der Waals surface area contributed by atoms with Gasteiger partial charge in [0.25, 0.3) is 5.56 Å². The van der Waals surface area contributed by atoms with Crippen molar-refractivity contribution >= 4 is 5.69 Å². The lowest BCUT2D eigenvalue weighted by atomic mass is 10.3. The van der Waals surface area contributed by atoms with Gasteiger partial charge in [0.1, 0.15) is 0 Å². The Kier molecular flexibility index (Phi) is 3.98. The van der Waals surface area contributed by atoms with Gasteiger partial charge in [-0.05, 0) is 14.0 Å².